The molecule has 1 aliphatic heterocycles. The maximum absolute atomic E-state index is 12.8. The number of aromatic hydroxyl groups is 1. The lowest BCUT2D eigenvalue weighted by Gasteiger charge is -2.18. The fourth-order valence-corrected chi connectivity index (χ4v) is 5.01. The Bertz CT molecular complexity index is 2000. The largest absolute Gasteiger partial charge is 0.493 e. The van der Waals surface area contributed by atoms with E-state index in [9.17, 15) is 29.4 Å². The summed E-state index contributed by atoms with van der Waals surface area (Å²) in [5.41, 5.74) is 9.27. The van der Waals surface area contributed by atoms with Crippen LogP contribution in [0.5, 0.6) is 11.6 Å². The summed E-state index contributed by atoms with van der Waals surface area (Å²) in [4.78, 5) is 56.8. The second-order valence-electron chi connectivity index (χ2n) is 9.88. The molecule has 2 aromatic carbocycles. The standard InChI is InChI=1S/C19H14N6O6.C9H10N2O2.ClH/c26-14-7-20-18-22-12(6-13(17(28)29)25(14)18)16(27)21-11-4-2-8-5-9(1-3-10(8)11)15-23-19(30)31-24-15;10-4-6-1-2-8-7(3-6)11-9(12)5-13-8;/h1,3,5-7,11,26H,2,4H2,(H,21,27)(H,28,29)(H,23,24,30);1-3H,4-5,10H2,(H,11,12);1H/t11-;;/m0../s1. The number of nitrogens with two attached hydrogens (primary N) is 1. The van der Waals surface area contributed by atoms with E-state index in [1.807, 2.05) is 30.3 Å². The van der Waals surface area contributed by atoms with E-state index >= 15 is 0 Å². The summed E-state index contributed by atoms with van der Waals surface area (Å²) in [5, 5.41) is 28.5. The van der Waals surface area contributed by atoms with Crippen LogP contribution < -0.4 is 26.9 Å². The number of benzene rings is 2. The molecule has 1 aliphatic carbocycles. The highest BCUT2D eigenvalue weighted by Gasteiger charge is 2.27. The number of carbonyl (C=O) groups excluding carboxylic acids is 2. The first-order chi connectivity index (χ1) is 21.2. The Morgan fingerprint density at radius 1 is 1.16 bits per heavy atom. The second kappa shape index (κ2) is 12.5. The summed E-state index contributed by atoms with van der Waals surface area (Å²) in [7, 11) is 0. The van der Waals surface area contributed by atoms with Gasteiger partial charge in [-0.25, -0.2) is 24.0 Å². The number of ether oxygens (including phenoxy) is 1. The number of nitrogens with zero attached hydrogens (tertiary/aromatic N) is 4. The minimum absolute atomic E-state index is 0. The van der Waals surface area contributed by atoms with Gasteiger partial charge in [0.05, 0.1) is 17.9 Å². The number of H-pyrrole nitrogens is 1. The average Bonchev–Trinajstić information content (AvgIpc) is 3.74. The van der Waals surface area contributed by atoms with E-state index < -0.39 is 17.6 Å². The van der Waals surface area contributed by atoms with E-state index in [4.69, 9.17) is 10.5 Å². The summed E-state index contributed by atoms with van der Waals surface area (Å²) in [6, 6.07) is 11.8. The van der Waals surface area contributed by atoms with E-state index in [0.717, 1.165) is 33.4 Å². The van der Waals surface area contributed by atoms with Crippen LogP contribution in [0.3, 0.4) is 0 Å². The van der Waals surface area contributed by atoms with Crippen LogP contribution in [0.4, 0.5) is 5.69 Å². The van der Waals surface area contributed by atoms with Gasteiger partial charge in [0.2, 0.25) is 11.7 Å². The Kier molecular flexibility index (Phi) is 8.51. The van der Waals surface area contributed by atoms with E-state index in [-0.39, 0.29) is 54.0 Å². The topological polar surface area (TPSA) is 240 Å². The van der Waals surface area contributed by atoms with E-state index in [2.05, 4.69) is 35.3 Å². The van der Waals surface area contributed by atoms with Crippen LogP contribution in [0.25, 0.3) is 17.2 Å². The first-order valence-corrected chi connectivity index (χ1v) is 13.3. The molecule has 5 aromatic rings. The maximum Gasteiger partial charge on any atom is 0.439 e. The van der Waals surface area contributed by atoms with Gasteiger partial charge in [0.1, 0.15) is 17.1 Å². The van der Waals surface area contributed by atoms with Gasteiger partial charge in [-0.3, -0.25) is 19.1 Å². The molecular formula is C28H25ClN8O8. The number of halogens is 1. The highest BCUT2D eigenvalue weighted by atomic mass is 35.5. The van der Waals surface area contributed by atoms with Crippen molar-refractivity contribution >= 4 is 41.7 Å². The number of aromatic amines is 1. The second-order valence-corrected chi connectivity index (χ2v) is 9.88. The van der Waals surface area contributed by atoms with Gasteiger partial charge in [-0.2, -0.15) is 0 Å². The summed E-state index contributed by atoms with van der Waals surface area (Å²) >= 11 is 0. The van der Waals surface area contributed by atoms with Gasteiger partial charge in [0, 0.05) is 18.2 Å². The molecule has 0 spiro atoms. The molecule has 2 aliphatic rings. The lowest BCUT2D eigenvalue weighted by Crippen LogP contribution is -2.28. The zero-order valence-electron chi connectivity index (χ0n) is 23.1. The molecule has 7 N–H and O–H groups in total. The fraction of sp³-hybridized carbons (Fsp3) is 0.179. The molecule has 2 amide bonds. The highest BCUT2D eigenvalue weighted by Crippen LogP contribution is 2.34. The third-order valence-corrected chi connectivity index (χ3v) is 7.06. The molecule has 45 heavy (non-hydrogen) atoms. The van der Waals surface area contributed by atoms with Gasteiger partial charge in [-0.15, -0.1) is 12.4 Å². The third-order valence-electron chi connectivity index (χ3n) is 7.06. The SMILES string of the molecule is Cl.NCc1ccc2c(c1)NC(=O)CO2.O=C(N[C@H]1CCc2cc(-c3noc(=O)[nH]3)ccc21)c1cc(C(=O)O)n2c(O)cnc2n1. The molecule has 7 rings (SSSR count). The van der Waals surface area contributed by atoms with Crippen LogP contribution in [0.1, 0.15) is 50.1 Å². The van der Waals surface area contributed by atoms with Crippen molar-refractivity contribution in [3.8, 4) is 23.0 Å². The van der Waals surface area contributed by atoms with Crippen molar-refractivity contribution in [1.82, 2.24) is 29.8 Å². The number of aryl methyl sites for hydroxylation is 1. The molecule has 3 aromatic heterocycles. The van der Waals surface area contributed by atoms with Crippen molar-refractivity contribution in [3.63, 3.8) is 0 Å². The lowest BCUT2D eigenvalue weighted by molar-refractivity contribution is -0.118. The van der Waals surface area contributed by atoms with Crippen molar-refractivity contribution in [2.45, 2.75) is 25.4 Å². The van der Waals surface area contributed by atoms with E-state index in [0.29, 0.717) is 42.2 Å². The molecule has 16 nitrogen and oxygen atoms in total. The Morgan fingerprint density at radius 2 is 1.98 bits per heavy atom. The van der Waals surface area contributed by atoms with Crippen LogP contribution in [-0.4, -0.2) is 59.1 Å². The smallest absolute Gasteiger partial charge is 0.439 e. The number of rotatable bonds is 5. The third kappa shape index (κ3) is 6.17. The monoisotopic (exact) mass is 636 g/mol. The van der Waals surface area contributed by atoms with Crippen LogP contribution in [0.15, 0.2) is 58.0 Å². The first kappa shape index (κ1) is 30.7. The molecule has 0 fully saturated rings. The number of anilines is 1. The van der Waals surface area contributed by atoms with Crippen LogP contribution in [0, 0.1) is 0 Å². The number of carbonyl (C=O) groups is 3. The molecule has 0 radical (unpaired) electrons. The molecule has 1 atom stereocenters. The number of carboxylic acids is 1. The van der Waals surface area contributed by atoms with E-state index in [1.54, 1.807) is 6.07 Å². The van der Waals surface area contributed by atoms with Gasteiger partial charge in [-0.1, -0.05) is 23.4 Å². The zero-order valence-corrected chi connectivity index (χ0v) is 24.0. The van der Waals surface area contributed by atoms with Crippen LogP contribution >= 0.6 is 12.4 Å². The molecule has 0 saturated carbocycles. The Labute approximate surface area is 258 Å². The normalized spacial score (nSPS) is 14.6. The van der Waals surface area contributed by atoms with Gasteiger partial charge in [-0.05, 0) is 47.7 Å². The van der Waals surface area contributed by atoms with Gasteiger partial charge >= 0.3 is 11.7 Å². The van der Waals surface area contributed by atoms with Crippen molar-refractivity contribution in [2.75, 3.05) is 11.9 Å². The highest BCUT2D eigenvalue weighted by molar-refractivity contribution is 5.96. The number of aromatic carboxylic acids is 1. The van der Waals surface area contributed by atoms with Gasteiger partial charge in [0.15, 0.2) is 12.4 Å². The maximum atomic E-state index is 12.8. The molecule has 0 bridgehead atoms. The van der Waals surface area contributed by atoms with Crippen LogP contribution in [0.2, 0.25) is 0 Å². The quantitative estimate of drug-likeness (QED) is 0.162. The number of imidazole rings is 1. The molecule has 0 saturated heterocycles. The number of carboxylic acid groups (broad SMARTS) is 1. The van der Waals surface area contributed by atoms with Crippen molar-refractivity contribution in [3.05, 3.63) is 87.3 Å². The summed E-state index contributed by atoms with van der Waals surface area (Å²) in [5.74, 6) is -2.12. The minimum Gasteiger partial charge on any atom is -0.493 e. The van der Waals surface area contributed by atoms with Crippen molar-refractivity contribution in [1.29, 1.82) is 0 Å². The molecular weight excluding hydrogens is 612 g/mol. The Balaban J connectivity index is 0.000000240. The number of aromatic nitrogens is 5. The predicted molar refractivity (Wildman–Crippen MR) is 158 cm³/mol. The fourth-order valence-electron chi connectivity index (χ4n) is 5.01. The minimum atomic E-state index is -1.33. The average molecular weight is 637 g/mol. The Hall–Kier alpha value is -5.74. The molecule has 0 unspecified atom stereocenters. The van der Waals surface area contributed by atoms with Gasteiger partial charge < -0.3 is 31.3 Å². The number of hydrogen-bond acceptors (Lipinski definition) is 11. The summed E-state index contributed by atoms with van der Waals surface area (Å²) in [6.45, 7) is 0.554. The molecule has 232 valence electrons. The van der Waals surface area contributed by atoms with Crippen LogP contribution in [-0.2, 0) is 17.8 Å². The zero-order chi connectivity index (χ0) is 31.0. The number of amides is 2. The first-order valence-electron chi connectivity index (χ1n) is 13.3. The number of hydrogen-bond donors (Lipinski definition) is 6. The Morgan fingerprint density at radius 3 is 2.71 bits per heavy atom. The lowest BCUT2D eigenvalue weighted by atomic mass is 10.0. The summed E-state index contributed by atoms with van der Waals surface area (Å²) < 4.78 is 10.7. The summed E-state index contributed by atoms with van der Waals surface area (Å²) in [6.07, 6.45) is 2.39. The van der Waals surface area contributed by atoms with Crippen molar-refractivity contribution < 1.29 is 33.9 Å². The molecule has 4 heterocycles. The number of fused-ring (bicyclic) bond motifs is 3. The predicted octanol–water partition coefficient (Wildman–Crippen LogP) is 1.79. The van der Waals surface area contributed by atoms with Gasteiger partial charge in [0.25, 0.3) is 11.8 Å². The van der Waals surface area contributed by atoms with Crippen molar-refractivity contribution in [2.24, 2.45) is 5.73 Å². The molecule has 17 heteroatoms. The van der Waals surface area contributed by atoms with E-state index in [1.165, 1.54) is 0 Å². The number of nitrogens with one attached hydrogen (secondary N) is 3.